The van der Waals surface area contributed by atoms with Gasteiger partial charge in [-0.3, -0.25) is 9.59 Å². The van der Waals surface area contributed by atoms with Crippen molar-refractivity contribution in [2.24, 2.45) is 0 Å². The molecule has 1 aliphatic heterocycles. The molecule has 1 unspecified atom stereocenters. The Balaban J connectivity index is 2.04. The molecule has 0 radical (unpaired) electrons. The van der Waals surface area contributed by atoms with Gasteiger partial charge in [-0.05, 0) is 31.5 Å². The van der Waals surface area contributed by atoms with Gasteiger partial charge in [-0.15, -0.1) is 0 Å². The number of amides is 1. The molecule has 2 aromatic carbocycles. The Hall–Kier alpha value is -3.45. The van der Waals surface area contributed by atoms with Gasteiger partial charge < -0.3 is 19.6 Å². The van der Waals surface area contributed by atoms with Crippen LogP contribution in [0.4, 0.5) is 5.69 Å². The minimum absolute atomic E-state index is 0.101. The maximum absolute atomic E-state index is 13.4. The van der Waals surface area contributed by atoms with E-state index in [4.69, 9.17) is 4.74 Å². The van der Waals surface area contributed by atoms with Crippen LogP contribution in [0, 0.1) is 0 Å². The predicted molar refractivity (Wildman–Crippen MR) is 116 cm³/mol. The van der Waals surface area contributed by atoms with Crippen molar-refractivity contribution < 1.29 is 24.2 Å². The normalized spacial score (nSPS) is 18.3. The molecule has 0 aliphatic carbocycles. The third-order valence-corrected chi connectivity index (χ3v) is 5.29. The first-order chi connectivity index (χ1) is 14.8. The Bertz CT molecular complexity index is 1000. The number of ether oxygens (including phenoxy) is 1. The Morgan fingerprint density at radius 3 is 2.19 bits per heavy atom. The van der Waals surface area contributed by atoms with Gasteiger partial charge in [-0.25, -0.2) is 4.79 Å². The van der Waals surface area contributed by atoms with Crippen molar-refractivity contribution in [2.45, 2.75) is 33.0 Å². The second-order valence-electron chi connectivity index (χ2n) is 7.34. The van der Waals surface area contributed by atoms with Crippen LogP contribution < -0.4 is 4.90 Å². The lowest BCUT2D eigenvalue weighted by molar-refractivity contribution is -0.150. The molecule has 0 aromatic heterocycles. The molecule has 1 N–H and O–H groups in total. The van der Waals surface area contributed by atoms with E-state index in [1.54, 1.807) is 38.1 Å². The van der Waals surface area contributed by atoms with E-state index in [1.165, 1.54) is 16.7 Å². The van der Waals surface area contributed by atoms with Gasteiger partial charge in [0.2, 0.25) is 17.4 Å². The van der Waals surface area contributed by atoms with Gasteiger partial charge in [0, 0.05) is 24.9 Å². The van der Waals surface area contributed by atoms with E-state index in [0.29, 0.717) is 11.4 Å². The Labute approximate surface area is 181 Å². The number of benzene rings is 2. The van der Waals surface area contributed by atoms with Gasteiger partial charge >= 0.3 is 5.97 Å². The lowest BCUT2D eigenvalue weighted by Gasteiger charge is -2.38. The highest BCUT2D eigenvalue weighted by atomic mass is 16.5. The second-order valence-corrected chi connectivity index (χ2v) is 7.34. The molecule has 1 amide bonds. The van der Waals surface area contributed by atoms with E-state index in [-0.39, 0.29) is 31.2 Å². The molecular formula is C24H26N2O5. The zero-order valence-corrected chi connectivity index (χ0v) is 17.9. The predicted octanol–water partition coefficient (Wildman–Crippen LogP) is 2.65. The van der Waals surface area contributed by atoms with Crippen LogP contribution in [0.5, 0.6) is 0 Å². The van der Waals surface area contributed by atoms with E-state index in [9.17, 15) is 19.5 Å². The van der Waals surface area contributed by atoms with Crippen LogP contribution in [0.1, 0.15) is 26.3 Å². The summed E-state index contributed by atoms with van der Waals surface area (Å²) in [5.41, 5.74) is -0.627. The Kier molecular flexibility index (Phi) is 6.56. The number of carbonyl (C=O) groups excluding carboxylic acids is 3. The summed E-state index contributed by atoms with van der Waals surface area (Å²) in [6, 6.07) is 18.1. The van der Waals surface area contributed by atoms with Gasteiger partial charge in [0.15, 0.2) is 0 Å². The second kappa shape index (κ2) is 9.14. The molecule has 0 fully saturated rings. The van der Waals surface area contributed by atoms with Crippen LogP contribution in [0.15, 0.2) is 71.9 Å². The summed E-state index contributed by atoms with van der Waals surface area (Å²) in [5, 5.41) is 11.7. The van der Waals surface area contributed by atoms with Gasteiger partial charge in [-0.2, -0.15) is 0 Å². The van der Waals surface area contributed by atoms with Crippen molar-refractivity contribution in [3.8, 4) is 0 Å². The third-order valence-electron chi connectivity index (χ3n) is 5.29. The molecule has 1 atom stereocenters. The summed E-state index contributed by atoms with van der Waals surface area (Å²) < 4.78 is 5.06. The lowest BCUT2D eigenvalue weighted by Crippen LogP contribution is -2.57. The van der Waals surface area contributed by atoms with Gasteiger partial charge in [-0.1, -0.05) is 48.5 Å². The summed E-state index contributed by atoms with van der Waals surface area (Å²) >= 11 is 0. The Morgan fingerprint density at radius 2 is 1.65 bits per heavy atom. The summed E-state index contributed by atoms with van der Waals surface area (Å²) in [4.78, 5) is 41.1. The quantitative estimate of drug-likeness (QED) is 0.545. The number of rotatable bonds is 7. The van der Waals surface area contributed by atoms with E-state index >= 15 is 0 Å². The minimum Gasteiger partial charge on any atom is -0.462 e. The van der Waals surface area contributed by atoms with E-state index in [2.05, 4.69) is 0 Å². The first-order valence-corrected chi connectivity index (χ1v) is 10.1. The molecule has 1 aliphatic rings. The van der Waals surface area contributed by atoms with Crippen LogP contribution in [0.2, 0.25) is 0 Å². The number of aliphatic hydroxyl groups is 1. The molecule has 2 aromatic rings. The fraction of sp³-hybridized carbons (Fsp3) is 0.292. The number of hydrogen-bond acceptors (Lipinski definition) is 6. The molecule has 0 spiro atoms. The monoisotopic (exact) mass is 422 g/mol. The number of para-hydroxylation sites is 1. The zero-order valence-electron chi connectivity index (χ0n) is 17.9. The molecule has 0 saturated carbocycles. The van der Waals surface area contributed by atoms with Gasteiger partial charge in [0.25, 0.3) is 0 Å². The molecule has 3 rings (SSSR count). The Morgan fingerprint density at radius 1 is 1.06 bits per heavy atom. The maximum atomic E-state index is 13.4. The molecule has 162 valence electrons. The van der Waals surface area contributed by atoms with Crippen molar-refractivity contribution in [3.63, 3.8) is 0 Å². The van der Waals surface area contributed by atoms with E-state index in [0.717, 1.165) is 5.56 Å². The first kappa shape index (κ1) is 22.2. The standard InChI is InChI=1S/C24H26N2O5/c1-4-31-23(29)21-17(2)26(15-19-11-7-5-8-12-19)24(30,22(21)28)16-25(18(3)27)20-13-9-6-10-14-20/h5-14,30H,4,15-16H2,1-3H3. The average Bonchev–Trinajstić information content (AvgIpc) is 2.94. The SMILES string of the molecule is CCOC(=O)C1=C(C)N(Cc2ccccc2)C(O)(CN(C(C)=O)c2ccccc2)C1=O. The summed E-state index contributed by atoms with van der Waals surface area (Å²) in [6.45, 7) is 4.56. The van der Waals surface area contributed by atoms with Crippen LogP contribution in [-0.4, -0.2) is 46.5 Å². The molecule has 7 nitrogen and oxygen atoms in total. The number of hydrogen-bond donors (Lipinski definition) is 1. The van der Waals surface area contributed by atoms with E-state index in [1.807, 2.05) is 36.4 Å². The summed E-state index contributed by atoms with van der Waals surface area (Å²) in [7, 11) is 0. The van der Waals surface area contributed by atoms with Gasteiger partial charge in [0.1, 0.15) is 5.57 Å². The lowest BCUT2D eigenvalue weighted by atomic mass is 10.0. The van der Waals surface area contributed by atoms with Crippen molar-refractivity contribution >= 4 is 23.3 Å². The number of Topliss-reactive ketones (excluding diaryl/α,β-unsaturated/α-hetero) is 1. The van der Waals surface area contributed by atoms with Crippen molar-refractivity contribution in [1.29, 1.82) is 0 Å². The highest BCUT2D eigenvalue weighted by Crippen LogP contribution is 2.36. The highest BCUT2D eigenvalue weighted by Gasteiger charge is 2.54. The van der Waals surface area contributed by atoms with Crippen LogP contribution >= 0.6 is 0 Å². The molecule has 7 heteroatoms. The average molecular weight is 422 g/mol. The molecule has 0 bridgehead atoms. The first-order valence-electron chi connectivity index (χ1n) is 10.1. The number of esters is 1. The number of allylic oxidation sites excluding steroid dienone is 1. The number of anilines is 1. The van der Waals surface area contributed by atoms with Crippen molar-refractivity contribution in [3.05, 3.63) is 77.5 Å². The summed E-state index contributed by atoms with van der Waals surface area (Å²) in [6.07, 6.45) is 0. The largest absolute Gasteiger partial charge is 0.462 e. The fourth-order valence-electron chi connectivity index (χ4n) is 3.73. The molecule has 31 heavy (non-hydrogen) atoms. The smallest absolute Gasteiger partial charge is 0.343 e. The minimum atomic E-state index is -2.12. The molecule has 1 heterocycles. The van der Waals surface area contributed by atoms with Crippen LogP contribution in [-0.2, 0) is 25.7 Å². The topological polar surface area (TPSA) is 87.2 Å². The van der Waals surface area contributed by atoms with Crippen LogP contribution in [0.25, 0.3) is 0 Å². The highest BCUT2D eigenvalue weighted by molar-refractivity contribution is 6.23. The number of nitrogens with zero attached hydrogens (tertiary/aromatic N) is 2. The number of carbonyl (C=O) groups is 3. The van der Waals surface area contributed by atoms with Crippen molar-refractivity contribution in [1.82, 2.24) is 4.90 Å². The summed E-state index contributed by atoms with van der Waals surface area (Å²) in [5.74, 6) is -1.90. The fourth-order valence-corrected chi connectivity index (χ4v) is 3.73. The van der Waals surface area contributed by atoms with E-state index < -0.39 is 17.5 Å². The molecular weight excluding hydrogens is 396 g/mol. The van der Waals surface area contributed by atoms with Crippen LogP contribution in [0.3, 0.4) is 0 Å². The maximum Gasteiger partial charge on any atom is 0.343 e. The number of ketones is 1. The van der Waals surface area contributed by atoms with Gasteiger partial charge in [0.05, 0.1) is 13.2 Å². The van der Waals surface area contributed by atoms with Crippen molar-refractivity contribution in [2.75, 3.05) is 18.1 Å². The third kappa shape index (κ3) is 4.36. The zero-order chi connectivity index (χ0) is 22.6. The molecule has 0 saturated heterocycles.